The summed E-state index contributed by atoms with van der Waals surface area (Å²) >= 11 is 0. The van der Waals surface area contributed by atoms with Crippen molar-refractivity contribution in [3.8, 4) is 0 Å². The molecule has 0 aromatic carbocycles. The Morgan fingerprint density at radius 3 is 3.09 bits per heavy atom. The van der Waals surface area contributed by atoms with Crippen LogP contribution in [-0.2, 0) is 6.42 Å². The highest BCUT2D eigenvalue weighted by atomic mass is 16.2. The van der Waals surface area contributed by atoms with Crippen LogP contribution in [0.1, 0.15) is 42.7 Å². The van der Waals surface area contributed by atoms with Gasteiger partial charge in [-0.25, -0.2) is 4.98 Å². The van der Waals surface area contributed by atoms with Crippen LogP contribution in [0.3, 0.4) is 0 Å². The van der Waals surface area contributed by atoms with Crippen molar-refractivity contribution < 1.29 is 4.79 Å². The molecule has 2 aromatic heterocycles. The molecule has 0 aliphatic carbocycles. The number of amides is 1. The van der Waals surface area contributed by atoms with Gasteiger partial charge in [-0.2, -0.15) is 5.10 Å². The van der Waals surface area contributed by atoms with Crippen LogP contribution in [0.2, 0.25) is 0 Å². The molecule has 1 amide bonds. The summed E-state index contributed by atoms with van der Waals surface area (Å²) in [5, 5.41) is 8.10. The predicted octanol–water partition coefficient (Wildman–Crippen LogP) is 2.22. The molecule has 0 spiro atoms. The van der Waals surface area contributed by atoms with Gasteiger partial charge in [-0.15, -0.1) is 0 Å². The molecule has 0 saturated heterocycles. The summed E-state index contributed by atoms with van der Waals surface area (Å²) < 4.78 is 0. The Kier molecular flexibility index (Phi) is 3.92. The van der Waals surface area contributed by atoms with Crippen LogP contribution in [0.5, 0.6) is 0 Å². The van der Waals surface area contributed by atoms with Crippen molar-refractivity contribution in [2.24, 2.45) is 4.99 Å². The van der Waals surface area contributed by atoms with E-state index in [2.05, 4.69) is 27.1 Å². The van der Waals surface area contributed by atoms with Crippen molar-refractivity contribution in [3.05, 3.63) is 23.5 Å². The fraction of sp³-hybridized carbons (Fsp3) is 0.500. The first kappa shape index (κ1) is 14.7. The second-order valence-electron chi connectivity index (χ2n) is 5.73. The number of carbonyl (C=O) groups excluding carboxylic acids is 1. The largest absolute Gasteiger partial charge is 0.335 e. The quantitative estimate of drug-likeness (QED) is 0.880. The van der Waals surface area contributed by atoms with Gasteiger partial charge in [0.25, 0.3) is 5.91 Å². The minimum Gasteiger partial charge on any atom is -0.335 e. The van der Waals surface area contributed by atoms with E-state index in [0.717, 1.165) is 36.1 Å². The smallest absolute Gasteiger partial charge is 0.254 e. The Bertz CT molecular complexity index is 733. The Morgan fingerprint density at radius 1 is 1.55 bits per heavy atom. The summed E-state index contributed by atoms with van der Waals surface area (Å²) in [4.78, 5) is 23.5. The summed E-state index contributed by atoms with van der Waals surface area (Å²) in [7, 11) is 1.80. The van der Waals surface area contributed by atoms with Gasteiger partial charge >= 0.3 is 0 Å². The normalized spacial score (nSPS) is 17.0. The van der Waals surface area contributed by atoms with Gasteiger partial charge in [-0.1, -0.05) is 6.92 Å². The molecular formula is C16H21N5O. The lowest BCUT2D eigenvalue weighted by Gasteiger charge is -2.30. The topological polar surface area (TPSA) is 74.2 Å². The van der Waals surface area contributed by atoms with E-state index in [-0.39, 0.29) is 11.9 Å². The van der Waals surface area contributed by atoms with E-state index in [4.69, 9.17) is 0 Å². The SMILES string of the molecule is CCC(CC(C)=NC)N1CCc2[nH]nc3nccc(c23)C1=O. The van der Waals surface area contributed by atoms with Crippen molar-refractivity contribution in [1.29, 1.82) is 0 Å². The molecule has 2 aromatic rings. The van der Waals surface area contributed by atoms with E-state index in [1.165, 1.54) is 0 Å². The Labute approximate surface area is 129 Å². The van der Waals surface area contributed by atoms with Crippen LogP contribution in [-0.4, -0.2) is 51.3 Å². The summed E-state index contributed by atoms with van der Waals surface area (Å²) in [5.74, 6) is 0.0725. The molecule has 0 saturated carbocycles. The van der Waals surface area contributed by atoms with E-state index < -0.39 is 0 Å². The number of pyridine rings is 1. The number of carbonyl (C=O) groups is 1. The summed E-state index contributed by atoms with van der Waals surface area (Å²) in [6.07, 6.45) is 4.17. The fourth-order valence-corrected chi connectivity index (χ4v) is 3.11. The number of nitrogens with one attached hydrogen (secondary N) is 1. The van der Waals surface area contributed by atoms with Gasteiger partial charge in [0.1, 0.15) is 0 Å². The highest BCUT2D eigenvalue weighted by Gasteiger charge is 2.29. The molecule has 1 N–H and O–H groups in total. The average Bonchev–Trinajstić information content (AvgIpc) is 2.90. The third-order valence-corrected chi connectivity index (χ3v) is 4.45. The Hall–Kier alpha value is -2.24. The van der Waals surface area contributed by atoms with Gasteiger partial charge in [0.15, 0.2) is 5.65 Å². The van der Waals surface area contributed by atoms with E-state index in [9.17, 15) is 4.79 Å². The van der Waals surface area contributed by atoms with Gasteiger partial charge in [0.2, 0.25) is 0 Å². The van der Waals surface area contributed by atoms with Crippen LogP contribution in [0.15, 0.2) is 17.3 Å². The molecule has 6 nitrogen and oxygen atoms in total. The van der Waals surface area contributed by atoms with Crippen LogP contribution in [0, 0.1) is 0 Å². The van der Waals surface area contributed by atoms with E-state index in [1.807, 2.05) is 11.8 Å². The molecule has 116 valence electrons. The van der Waals surface area contributed by atoms with Crippen LogP contribution < -0.4 is 0 Å². The van der Waals surface area contributed by atoms with Crippen LogP contribution in [0.25, 0.3) is 11.0 Å². The van der Waals surface area contributed by atoms with Gasteiger partial charge in [0.05, 0.1) is 10.9 Å². The third kappa shape index (κ3) is 2.38. The number of aliphatic imine (C=N–C) groups is 1. The first-order chi connectivity index (χ1) is 10.7. The van der Waals surface area contributed by atoms with Gasteiger partial charge in [0, 0.05) is 50.1 Å². The minimum absolute atomic E-state index is 0.0725. The lowest BCUT2D eigenvalue weighted by molar-refractivity contribution is 0.0686. The first-order valence-electron chi connectivity index (χ1n) is 7.70. The molecule has 1 atom stereocenters. The molecule has 1 unspecified atom stereocenters. The zero-order valence-corrected chi connectivity index (χ0v) is 13.3. The number of hydrogen-bond acceptors (Lipinski definition) is 4. The maximum absolute atomic E-state index is 13.0. The van der Waals surface area contributed by atoms with Crippen molar-refractivity contribution in [2.75, 3.05) is 13.6 Å². The minimum atomic E-state index is 0.0725. The molecule has 1 aliphatic rings. The number of H-pyrrole nitrogens is 1. The van der Waals surface area contributed by atoms with Crippen LogP contribution in [0.4, 0.5) is 0 Å². The monoisotopic (exact) mass is 299 g/mol. The lowest BCUT2D eigenvalue weighted by Crippen LogP contribution is -2.41. The third-order valence-electron chi connectivity index (χ3n) is 4.45. The zero-order chi connectivity index (χ0) is 15.7. The molecule has 0 radical (unpaired) electrons. The number of nitrogens with zero attached hydrogens (tertiary/aromatic N) is 4. The highest BCUT2D eigenvalue weighted by molar-refractivity contribution is 6.07. The number of aromatic amines is 1. The number of hydrogen-bond donors (Lipinski definition) is 1. The maximum Gasteiger partial charge on any atom is 0.254 e. The number of aromatic nitrogens is 3. The molecule has 0 fully saturated rings. The van der Waals surface area contributed by atoms with E-state index in [1.54, 1.807) is 19.3 Å². The molecule has 22 heavy (non-hydrogen) atoms. The standard InChI is InChI=1S/C16H21N5O/c1-4-11(9-10(2)17-3)21-8-6-13-14-12(16(21)22)5-7-18-15(14)20-19-13/h5,7,11H,4,6,8-9H2,1-3H3,(H,18,19,20). The number of rotatable bonds is 4. The van der Waals surface area contributed by atoms with Crippen molar-refractivity contribution >= 4 is 22.7 Å². The van der Waals surface area contributed by atoms with Crippen LogP contribution >= 0.6 is 0 Å². The molecule has 3 rings (SSSR count). The molecule has 3 heterocycles. The molecule has 0 bridgehead atoms. The van der Waals surface area contributed by atoms with Gasteiger partial charge < -0.3 is 4.90 Å². The fourth-order valence-electron chi connectivity index (χ4n) is 3.11. The van der Waals surface area contributed by atoms with Gasteiger partial charge in [-0.05, 0) is 19.4 Å². The lowest BCUT2D eigenvalue weighted by atomic mass is 10.0. The zero-order valence-electron chi connectivity index (χ0n) is 13.3. The highest BCUT2D eigenvalue weighted by Crippen LogP contribution is 2.26. The Morgan fingerprint density at radius 2 is 2.36 bits per heavy atom. The molecular weight excluding hydrogens is 278 g/mol. The second kappa shape index (κ2) is 5.87. The summed E-state index contributed by atoms with van der Waals surface area (Å²) in [6.45, 7) is 4.83. The second-order valence-corrected chi connectivity index (χ2v) is 5.73. The molecule has 6 heteroatoms. The predicted molar refractivity (Wildman–Crippen MR) is 86.4 cm³/mol. The summed E-state index contributed by atoms with van der Waals surface area (Å²) in [6, 6.07) is 1.98. The van der Waals surface area contributed by atoms with Crippen molar-refractivity contribution in [2.45, 2.75) is 39.2 Å². The molecule has 1 aliphatic heterocycles. The van der Waals surface area contributed by atoms with E-state index in [0.29, 0.717) is 17.8 Å². The maximum atomic E-state index is 13.0. The first-order valence-corrected chi connectivity index (χ1v) is 7.70. The van der Waals surface area contributed by atoms with Crippen molar-refractivity contribution in [3.63, 3.8) is 0 Å². The summed E-state index contributed by atoms with van der Waals surface area (Å²) in [5.41, 5.74) is 3.41. The van der Waals surface area contributed by atoms with E-state index >= 15 is 0 Å². The van der Waals surface area contributed by atoms with Crippen molar-refractivity contribution in [1.82, 2.24) is 20.1 Å². The Balaban J connectivity index is 1.99. The average molecular weight is 299 g/mol. The van der Waals surface area contributed by atoms with Gasteiger partial charge in [-0.3, -0.25) is 14.9 Å².